The van der Waals surface area contributed by atoms with Crippen LogP contribution < -0.4 is 51.4 Å². The smallest absolute Gasteiger partial charge is 0.748 e. The Kier molecular flexibility index (Phi) is 19.7. The fraction of sp³-hybridized carbons (Fsp3) is 1.00. The number of unbranched alkanes of at least 4 members (excludes halogenated alkanes) is 7. The van der Waals surface area contributed by atoms with Crippen LogP contribution in [0, 0.1) is 0 Å². The van der Waals surface area contributed by atoms with Gasteiger partial charge in [-0.1, -0.05) is 65.2 Å². The van der Waals surface area contributed by atoms with E-state index >= 15 is 0 Å². The molecule has 2 unspecified atom stereocenters. The van der Waals surface area contributed by atoms with Crippen molar-refractivity contribution in [3.8, 4) is 0 Å². The minimum atomic E-state index is -4.21. The van der Waals surface area contributed by atoms with Crippen LogP contribution in [-0.2, 0) is 10.1 Å². The Morgan fingerprint density at radius 2 is 1.30 bits per heavy atom. The number of hydrogen-bond acceptors (Lipinski definition) is 4. The molecule has 134 valence electrons. The maximum absolute atomic E-state index is 11.3. The van der Waals surface area contributed by atoms with Crippen LogP contribution in [0.4, 0.5) is 0 Å². The molecule has 0 aromatic carbocycles. The van der Waals surface area contributed by atoms with E-state index in [1.54, 1.807) is 0 Å². The molecule has 0 aromatic rings. The summed E-state index contributed by atoms with van der Waals surface area (Å²) in [5.41, 5.74) is 0. The second-order valence-corrected chi connectivity index (χ2v) is 8.02. The van der Waals surface area contributed by atoms with Crippen LogP contribution in [0.15, 0.2) is 0 Å². The summed E-state index contributed by atoms with van der Waals surface area (Å²) in [7, 11) is -4.21. The van der Waals surface area contributed by atoms with Gasteiger partial charge in [-0.3, -0.25) is 0 Å². The molecule has 0 amide bonds. The second kappa shape index (κ2) is 16.9. The topological polar surface area (TPSA) is 77.4 Å². The predicted octanol–water partition coefficient (Wildman–Crippen LogP) is 1.38. The van der Waals surface area contributed by atoms with Crippen LogP contribution in [0.5, 0.6) is 0 Å². The molecule has 0 heterocycles. The zero-order valence-corrected chi connectivity index (χ0v) is 19.4. The van der Waals surface area contributed by atoms with Crippen molar-refractivity contribution in [2.75, 3.05) is 0 Å². The Hall–Kier alpha value is 1.51. The van der Waals surface area contributed by atoms with E-state index < -0.39 is 15.4 Å². The van der Waals surface area contributed by atoms with Gasteiger partial charge in [0.25, 0.3) is 0 Å². The van der Waals surface area contributed by atoms with E-state index in [-0.39, 0.29) is 57.5 Å². The molecule has 0 bridgehead atoms. The van der Waals surface area contributed by atoms with Crippen LogP contribution in [0.25, 0.3) is 0 Å². The number of aliphatic hydroxyl groups is 1. The molecule has 0 fully saturated rings. The van der Waals surface area contributed by atoms with E-state index in [9.17, 15) is 18.1 Å². The number of aliphatic hydroxyl groups excluding tert-OH is 1. The maximum atomic E-state index is 11.3. The van der Waals surface area contributed by atoms with Gasteiger partial charge in [0.1, 0.15) is 0 Å². The average Bonchev–Trinajstić information content (AvgIpc) is 2.46. The largest absolute Gasteiger partial charge is 1.00 e. The Bertz CT molecular complexity index is 347. The molecule has 0 radical (unpaired) electrons. The van der Waals surface area contributed by atoms with E-state index in [1.165, 1.54) is 32.1 Å². The number of hydrogen-bond donors (Lipinski definition) is 1. The summed E-state index contributed by atoms with van der Waals surface area (Å²) in [5.74, 6) is 0. The number of rotatable bonds is 15. The SMILES string of the molecule is CCCCCCCCCCC(CCCC(O)CC)S(=O)(=O)[O-].[K+]. The third-order valence-corrected chi connectivity index (χ3v) is 5.61. The van der Waals surface area contributed by atoms with Gasteiger partial charge in [0.2, 0.25) is 0 Å². The van der Waals surface area contributed by atoms with Gasteiger partial charge < -0.3 is 9.66 Å². The van der Waals surface area contributed by atoms with Gasteiger partial charge in [0.15, 0.2) is 0 Å². The Labute approximate surface area is 186 Å². The van der Waals surface area contributed by atoms with E-state index in [1.807, 2.05) is 6.92 Å². The summed E-state index contributed by atoms with van der Waals surface area (Å²) in [6.45, 7) is 4.09. The van der Waals surface area contributed by atoms with Crippen molar-refractivity contribution in [3.63, 3.8) is 0 Å². The molecule has 1 N–H and O–H groups in total. The van der Waals surface area contributed by atoms with Crippen LogP contribution in [-0.4, -0.2) is 29.4 Å². The molecule has 0 aliphatic rings. The fourth-order valence-electron chi connectivity index (χ4n) is 2.72. The van der Waals surface area contributed by atoms with Crippen molar-refractivity contribution in [1.82, 2.24) is 0 Å². The molecular weight excluding hydrogens is 339 g/mol. The Balaban J connectivity index is 0. The van der Waals surface area contributed by atoms with Gasteiger partial charge in [0.05, 0.1) is 16.2 Å². The summed E-state index contributed by atoms with van der Waals surface area (Å²) in [4.78, 5) is 0. The predicted molar refractivity (Wildman–Crippen MR) is 90.9 cm³/mol. The molecule has 4 nitrogen and oxygen atoms in total. The standard InChI is InChI=1S/C17H36O4S.K/c1-3-5-6-7-8-9-10-11-14-17(22(19,20)21)15-12-13-16(18)4-2;/h16-18H,3-15H2,1-2H3,(H,19,20,21);/q;+1/p-1. The minimum Gasteiger partial charge on any atom is -0.748 e. The first-order valence-electron chi connectivity index (χ1n) is 9.04. The van der Waals surface area contributed by atoms with Gasteiger partial charge in [-0.05, 0) is 32.1 Å². The van der Waals surface area contributed by atoms with Crippen molar-refractivity contribution in [1.29, 1.82) is 0 Å². The van der Waals surface area contributed by atoms with Crippen LogP contribution in [0.1, 0.15) is 97.3 Å². The first-order valence-corrected chi connectivity index (χ1v) is 10.5. The second-order valence-electron chi connectivity index (χ2n) is 6.37. The van der Waals surface area contributed by atoms with Crippen molar-refractivity contribution in [2.24, 2.45) is 0 Å². The van der Waals surface area contributed by atoms with Crippen molar-refractivity contribution in [3.05, 3.63) is 0 Å². The van der Waals surface area contributed by atoms with Gasteiger partial charge in [0, 0.05) is 5.25 Å². The summed E-state index contributed by atoms with van der Waals surface area (Å²) in [6.07, 6.45) is 11.6. The van der Waals surface area contributed by atoms with E-state index in [4.69, 9.17) is 0 Å². The zero-order valence-electron chi connectivity index (χ0n) is 15.4. The minimum absolute atomic E-state index is 0. The third-order valence-electron chi connectivity index (χ3n) is 4.32. The maximum Gasteiger partial charge on any atom is 1.00 e. The van der Waals surface area contributed by atoms with Crippen molar-refractivity contribution >= 4 is 10.1 Å². The van der Waals surface area contributed by atoms with Gasteiger partial charge in [-0.25, -0.2) is 8.42 Å². The molecule has 0 spiro atoms. The first kappa shape index (κ1) is 26.7. The Morgan fingerprint density at radius 1 is 0.826 bits per heavy atom. The third kappa shape index (κ3) is 16.7. The van der Waals surface area contributed by atoms with Crippen molar-refractivity contribution < 1.29 is 69.5 Å². The molecule has 0 aliphatic heterocycles. The van der Waals surface area contributed by atoms with Gasteiger partial charge >= 0.3 is 51.4 Å². The monoisotopic (exact) mass is 374 g/mol. The normalized spacial score (nSPS) is 14.3. The molecule has 23 heavy (non-hydrogen) atoms. The molecule has 2 atom stereocenters. The quantitative estimate of drug-likeness (QED) is 0.267. The Morgan fingerprint density at radius 3 is 1.78 bits per heavy atom. The van der Waals surface area contributed by atoms with E-state index in [0.717, 1.165) is 19.3 Å². The van der Waals surface area contributed by atoms with Gasteiger partial charge in [-0.2, -0.15) is 0 Å². The molecule has 0 aromatic heterocycles. The average molecular weight is 375 g/mol. The van der Waals surface area contributed by atoms with Crippen LogP contribution >= 0.6 is 0 Å². The van der Waals surface area contributed by atoms with Crippen LogP contribution in [0.2, 0.25) is 0 Å². The fourth-order valence-corrected chi connectivity index (χ4v) is 3.63. The molecule has 0 rings (SSSR count). The summed E-state index contributed by atoms with van der Waals surface area (Å²) in [6, 6.07) is 0. The molecule has 6 heteroatoms. The molecular formula is C17H35KO4S. The van der Waals surface area contributed by atoms with Gasteiger partial charge in [-0.15, -0.1) is 0 Å². The van der Waals surface area contributed by atoms with E-state index in [0.29, 0.717) is 32.1 Å². The zero-order chi connectivity index (χ0) is 16.8. The summed E-state index contributed by atoms with van der Waals surface area (Å²) < 4.78 is 33.9. The summed E-state index contributed by atoms with van der Waals surface area (Å²) in [5, 5.41) is 8.71. The molecule has 0 saturated carbocycles. The molecule has 0 aliphatic carbocycles. The van der Waals surface area contributed by atoms with Crippen LogP contribution in [0.3, 0.4) is 0 Å². The molecule has 0 saturated heterocycles. The van der Waals surface area contributed by atoms with E-state index in [2.05, 4.69) is 6.92 Å². The van der Waals surface area contributed by atoms with Crippen molar-refractivity contribution in [2.45, 2.75) is 109 Å². The first-order chi connectivity index (χ1) is 10.4. The summed E-state index contributed by atoms with van der Waals surface area (Å²) >= 11 is 0.